The van der Waals surface area contributed by atoms with Crippen LogP contribution in [0.4, 0.5) is 0 Å². The first-order valence-electron chi connectivity index (χ1n) is 8.11. The summed E-state index contributed by atoms with van der Waals surface area (Å²) < 4.78 is 0. The van der Waals surface area contributed by atoms with Crippen molar-refractivity contribution in [3.05, 3.63) is 46.4 Å². The second kappa shape index (κ2) is 7.25. The first kappa shape index (κ1) is 17.5. The summed E-state index contributed by atoms with van der Waals surface area (Å²) in [6, 6.07) is 8.01. The molecular weight excluding hydrogens is 338 g/mol. The lowest BCUT2D eigenvalue weighted by atomic mass is 9.79. The SMILES string of the molecule is CC1(C)CN(C(=O)c2ccccc2SCc2cscn2)CCC1N. The van der Waals surface area contributed by atoms with E-state index in [1.807, 2.05) is 40.1 Å². The van der Waals surface area contributed by atoms with Gasteiger partial charge in [0.15, 0.2) is 0 Å². The number of carbonyl (C=O) groups excluding carboxylic acids is 1. The third-order valence-corrected chi connectivity index (χ3v) is 6.32. The lowest BCUT2D eigenvalue weighted by molar-refractivity contribution is 0.0529. The summed E-state index contributed by atoms with van der Waals surface area (Å²) in [5.74, 6) is 0.890. The van der Waals surface area contributed by atoms with Crippen LogP contribution in [0.3, 0.4) is 0 Å². The van der Waals surface area contributed by atoms with Crippen LogP contribution in [0.1, 0.15) is 36.3 Å². The predicted octanol–water partition coefficient (Wildman–Crippen LogP) is 3.63. The quantitative estimate of drug-likeness (QED) is 0.845. The zero-order valence-corrected chi connectivity index (χ0v) is 15.7. The fourth-order valence-corrected chi connectivity index (χ4v) is 4.56. The van der Waals surface area contributed by atoms with Crippen LogP contribution >= 0.6 is 23.1 Å². The van der Waals surface area contributed by atoms with Crippen LogP contribution in [0.15, 0.2) is 40.1 Å². The molecule has 1 fully saturated rings. The van der Waals surface area contributed by atoms with E-state index in [9.17, 15) is 4.79 Å². The number of aromatic nitrogens is 1. The number of rotatable bonds is 4. The average Bonchev–Trinajstić information content (AvgIpc) is 3.08. The molecule has 0 radical (unpaired) electrons. The van der Waals surface area contributed by atoms with Gasteiger partial charge < -0.3 is 10.6 Å². The zero-order valence-electron chi connectivity index (χ0n) is 14.1. The van der Waals surface area contributed by atoms with Crippen molar-refractivity contribution in [2.45, 2.75) is 37.0 Å². The van der Waals surface area contributed by atoms with E-state index in [0.717, 1.165) is 34.9 Å². The summed E-state index contributed by atoms with van der Waals surface area (Å²) in [4.78, 5) is 20.3. The number of carbonyl (C=O) groups is 1. The highest BCUT2D eigenvalue weighted by atomic mass is 32.2. The predicted molar refractivity (Wildman–Crippen MR) is 100 cm³/mol. The van der Waals surface area contributed by atoms with Gasteiger partial charge in [-0.1, -0.05) is 26.0 Å². The molecular formula is C18H23N3OS2. The molecule has 1 saturated heterocycles. The topological polar surface area (TPSA) is 59.2 Å². The monoisotopic (exact) mass is 361 g/mol. The van der Waals surface area contributed by atoms with Gasteiger partial charge in [-0.3, -0.25) is 4.79 Å². The summed E-state index contributed by atoms with van der Waals surface area (Å²) in [5, 5.41) is 2.05. The number of nitrogens with zero attached hydrogens (tertiary/aromatic N) is 2. The molecule has 3 rings (SSSR count). The molecule has 0 bridgehead atoms. The Hall–Kier alpha value is -1.37. The van der Waals surface area contributed by atoms with E-state index in [-0.39, 0.29) is 17.4 Å². The molecule has 1 unspecified atom stereocenters. The number of amides is 1. The van der Waals surface area contributed by atoms with Crippen LogP contribution in [0.5, 0.6) is 0 Å². The van der Waals surface area contributed by atoms with E-state index in [1.165, 1.54) is 0 Å². The van der Waals surface area contributed by atoms with Crippen molar-refractivity contribution in [1.82, 2.24) is 9.88 Å². The number of thiazole rings is 1. The van der Waals surface area contributed by atoms with Crippen molar-refractivity contribution in [2.24, 2.45) is 11.1 Å². The van der Waals surface area contributed by atoms with E-state index >= 15 is 0 Å². The minimum absolute atomic E-state index is 0.0450. The summed E-state index contributed by atoms with van der Waals surface area (Å²) >= 11 is 3.27. The third kappa shape index (κ3) is 3.82. The van der Waals surface area contributed by atoms with Crippen molar-refractivity contribution in [3.8, 4) is 0 Å². The molecule has 2 heterocycles. The smallest absolute Gasteiger partial charge is 0.255 e. The van der Waals surface area contributed by atoms with Gasteiger partial charge in [0.1, 0.15) is 0 Å². The maximum atomic E-state index is 13.0. The van der Waals surface area contributed by atoms with Crippen molar-refractivity contribution in [3.63, 3.8) is 0 Å². The van der Waals surface area contributed by atoms with E-state index in [4.69, 9.17) is 5.73 Å². The standard InChI is InChI=1S/C18H23N3OS2/c1-18(2)11-21(8-7-16(18)19)17(22)14-5-3-4-6-15(14)24-10-13-9-23-12-20-13/h3-6,9,12,16H,7-8,10-11,19H2,1-2H3. The molecule has 1 amide bonds. The largest absolute Gasteiger partial charge is 0.338 e. The molecule has 0 spiro atoms. The molecule has 1 aliphatic heterocycles. The number of thioether (sulfide) groups is 1. The van der Waals surface area contributed by atoms with Crippen LogP contribution in [-0.4, -0.2) is 34.9 Å². The molecule has 1 aliphatic rings. The molecule has 24 heavy (non-hydrogen) atoms. The Morgan fingerprint density at radius 3 is 2.96 bits per heavy atom. The second-order valence-electron chi connectivity index (χ2n) is 6.88. The Labute approximate surface area is 151 Å². The van der Waals surface area contributed by atoms with Crippen molar-refractivity contribution >= 4 is 29.0 Å². The highest BCUT2D eigenvalue weighted by molar-refractivity contribution is 7.98. The van der Waals surface area contributed by atoms with Crippen molar-refractivity contribution in [2.75, 3.05) is 13.1 Å². The summed E-state index contributed by atoms with van der Waals surface area (Å²) in [6.45, 7) is 5.71. The number of nitrogens with two attached hydrogens (primary N) is 1. The number of piperidine rings is 1. The first-order chi connectivity index (χ1) is 11.5. The van der Waals surface area contributed by atoms with Gasteiger partial charge in [0.05, 0.1) is 16.8 Å². The Morgan fingerprint density at radius 1 is 1.46 bits per heavy atom. The average molecular weight is 362 g/mol. The number of hydrogen-bond donors (Lipinski definition) is 1. The van der Waals surface area contributed by atoms with Crippen LogP contribution < -0.4 is 5.73 Å². The normalized spacial score (nSPS) is 20.1. The van der Waals surface area contributed by atoms with Crippen molar-refractivity contribution in [1.29, 1.82) is 0 Å². The van der Waals surface area contributed by atoms with Gasteiger partial charge in [-0.25, -0.2) is 4.98 Å². The first-order valence-corrected chi connectivity index (χ1v) is 10.0. The highest BCUT2D eigenvalue weighted by Gasteiger charge is 2.35. The maximum absolute atomic E-state index is 13.0. The molecule has 1 aromatic heterocycles. The van der Waals surface area contributed by atoms with Crippen LogP contribution in [0, 0.1) is 5.41 Å². The summed E-state index contributed by atoms with van der Waals surface area (Å²) in [7, 11) is 0. The van der Waals surface area contributed by atoms with Gasteiger partial charge in [-0.15, -0.1) is 23.1 Å². The third-order valence-electron chi connectivity index (χ3n) is 4.58. The number of likely N-dealkylation sites (tertiary alicyclic amines) is 1. The zero-order chi connectivity index (χ0) is 17.2. The maximum Gasteiger partial charge on any atom is 0.255 e. The van der Waals surface area contributed by atoms with Crippen molar-refractivity contribution < 1.29 is 4.79 Å². The van der Waals surface area contributed by atoms with Gasteiger partial charge in [0.25, 0.3) is 5.91 Å². The Balaban J connectivity index is 1.75. The Morgan fingerprint density at radius 2 is 2.25 bits per heavy atom. The molecule has 2 N–H and O–H groups in total. The Kier molecular flexibility index (Phi) is 5.27. The number of benzene rings is 1. The lowest BCUT2D eigenvalue weighted by Crippen LogP contribution is -2.54. The second-order valence-corrected chi connectivity index (χ2v) is 8.61. The molecule has 4 nitrogen and oxygen atoms in total. The summed E-state index contributed by atoms with van der Waals surface area (Å²) in [6.07, 6.45) is 0.854. The molecule has 6 heteroatoms. The van der Waals surface area contributed by atoms with Crippen LogP contribution in [-0.2, 0) is 5.75 Å². The molecule has 2 aromatic rings. The number of hydrogen-bond acceptors (Lipinski definition) is 5. The highest BCUT2D eigenvalue weighted by Crippen LogP contribution is 2.31. The van der Waals surface area contributed by atoms with E-state index < -0.39 is 0 Å². The Bertz CT molecular complexity index is 700. The molecule has 128 valence electrons. The van der Waals surface area contributed by atoms with Crippen LogP contribution in [0.25, 0.3) is 0 Å². The van der Waals surface area contributed by atoms with Gasteiger partial charge in [-0.2, -0.15) is 0 Å². The summed E-state index contributed by atoms with van der Waals surface area (Å²) in [5.41, 5.74) is 9.83. The molecule has 0 saturated carbocycles. The van der Waals surface area contributed by atoms with E-state index in [1.54, 1.807) is 23.1 Å². The van der Waals surface area contributed by atoms with E-state index in [0.29, 0.717) is 6.54 Å². The molecule has 1 atom stereocenters. The van der Waals surface area contributed by atoms with Crippen LogP contribution in [0.2, 0.25) is 0 Å². The van der Waals surface area contributed by atoms with E-state index in [2.05, 4.69) is 18.8 Å². The van der Waals surface area contributed by atoms with Gasteiger partial charge in [0, 0.05) is 35.2 Å². The minimum Gasteiger partial charge on any atom is -0.338 e. The molecule has 1 aromatic carbocycles. The van der Waals surface area contributed by atoms with Gasteiger partial charge in [0.2, 0.25) is 0 Å². The lowest BCUT2D eigenvalue weighted by Gasteiger charge is -2.42. The fourth-order valence-electron chi connectivity index (χ4n) is 2.95. The molecule has 0 aliphatic carbocycles. The minimum atomic E-state index is -0.0450. The van der Waals surface area contributed by atoms with Gasteiger partial charge >= 0.3 is 0 Å². The fraction of sp³-hybridized carbons (Fsp3) is 0.444. The van der Waals surface area contributed by atoms with Gasteiger partial charge in [-0.05, 0) is 24.0 Å².